The lowest BCUT2D eigenvalue weighted by atomic mass is 9.96. The summed E-state index contributed by atoms with van der Waals surface area (Å²) in [5, 5.41) is 4.33. The predicted octanol–water partition coefficient (Wildman–Crippen LogP) is 3.51. The molecule has 1 unspecified atom stereocenters. The van der Waals surface area contributed by atoms with Gasteiger partial charge >= 0.3 is 0 Å². The van der Waals surface area contributed by atoms with Crippen LogP contribution in [0.5, 0.6) is 0 Å². The Hall–Kier alpha value is -2.37. The van der Waals surface area contributed by atoms with E-state index < -0.39 is 11.6 Å². The Morgan fingerprint density at radius 2 is 1.80 bits per heavy atom. The van der Waals surface area contributed by atoms with Crippen LogP contribution in [0.2, 0.25) is 0 Å². The number of benzene rings is 2. The molecule has 2 heterocycles. The van der Waals surface area contributed by atoms with Gasteiger partial charge in [-0.1, -0.05) is 24.3 Å². The summed E-state index contributed by atoms with van der Waals surface area (Å²) in [6.45, 7) is 3.29. The van der Waals surface area contributed by atoms with E-state index in [2.05, 4.69) is 21.3 Å². The summed E-state index contributed by atoms with van der Waals surface area (Å²) in [4.78, 5) is 6.75. The fourth-order valence-corrected chi connectivity index (χ4v) is 3.49. The highest BCUT2D eigenvalue weighted by molar-refractivity contribution is 5.79. The second-order valence-corrected chi connectivity index (χ2v) is 6.32. The third kappa shape index (κ3) is 3.25. The minimum atomic E-state index is -0.558. The highest BCUT2D eigenvalue weighted by Gasteiger charge is 2.27. The Bertz CT molecular complexity index is 891. The molecule has 1 atom stereocenters. The van der Waals surface area contributed by atoms with Crippen molar-refractivity contribution < 1.29 is 8.78 Å². The number of pyridine rings is 1. The molecular weight excluding hydrogens is 320 g/mol. The first kappa shape index (κ1) is 16.1. The van der Waals surface area contributed by atoms with E-state index in [0.29, 0.717) is 5.56 Å². The molecule has 0 aliphatic carbocycles. The maximum atomic E-state index is 14.6. The summed E-state index contributed by atoms with van der Waals surface area (Å²) in [7, 11) is 0. The number of hydrogen-bond donors (Lipinski definition) is 1. The van der Waals surface area contributed by atoms with Crippen LogP contribution in [0.25, 0.3) is 10.9 Å². The van der Waals surface area contributed by atoms with E-state index in [0.717, 1.165) is 48.7 Å². The van der Waals surface area contributed by atoms with Gasteiger partial charge in [0.1, 0.15) is 11.6 Å². The molecule has 1 saturated heterocycles. The van der Waals surface area contributed by atoms with E-state index in [9.17, 15) is 8.78 Å². The van der Waals surface area contributed by atoms with Gasteiger partial charge in [-0.3, -0.25) is 9.88 Å². The first-order chi connectivity index (χ1) is 12.2. The van der Waals surface area contributed by atoms with Crippen molar-refractivity contribution in [1.29, 1.82) is 0 Å². The Labute approximate surface area is 145 Å². The van der Waals surface area contributed by atoms with Crippen molar-refractivity contribution in [3.63, 3.8) is 0 Å². The molecule has 3 nitrogen and oxygen atoms in total. The van der Waals surface area contributed by atoms with Crippen LogP contribution in [0.4, 0.5) is 8.78 Å². The molecule has 1 aromatic heterocycles. The monoisotopic (exact) mass is 339 g/mol. The second-order valence-electron chi connectivity index (χ2n) is 6.32. The van der Waals surface area contributed by atoms with Crippen LogP contribution >= 0.6 is 0 Å². The molecule has 0 radical (unpaired) electrons. The molecule has 0 bridgehead atoms. The average molecular weight is 339 g/mol. The van der Waals surface area contributed by atoms with Gasteiger partial charge in [0.05, 0.1) is 11.6 Å². The minimum absolute atomic E-state index is 0.278. The maximum Gasteiger partial charge on any atom is 0.131 e. The molecule has 3 aromatic rings. The molecule has 0 saturated carbocycles. The number of fused-ring (bicyclic) bond motifs is 1. The van der Waals surface area contributed by atoms with E-state index >= 15 is 0 Å². The number of hydrogen-bond acceptors (Lipinski definition) is 3. The molecule has 128 valence electrons. The van der Waals surface area contributed by atoms with Crippen LogP contribution in [0.3, 0.4) is 0 Å². The predicted molar refractivity (Wildman–Crippen MR) is 94.4 cm³/mol. The fourth-order valence-electron chi connectivity index (χ4n) is 3.49. The van der Waals surface area contributed by atoms with Crippen molar-refractivity contribution in [1.82, 2.24) is 15.2 Å². The quantitative estimate of drug-likeness (QED) is 0.791. The van der Waals surface area contributed by atoms with E-state index in [1.807, 2.05) is 24.3 Å². The van der Waals surface area contributed by atoms with Crippen molar-refractivity contribution in [2.75, 3.05) is 26.2 Å². The van der Waals surface area contributed by atoms with Crippen LogP contribution in [0.15, 0.2) is 54.7 Å². The maximum absolute atomic E-state index is 14.6. The Morgan fingerprint density at radius 1 is 1.00 bits per heavy atom. The van der Waals surface area contributed by atoms with Crippen molar-refractivity contribution in [3.05, 3.63) is 77.5 Å². The molecule has 1 N–H and O–H groups in total. The number of halogens is 2. The molecule has 4 rings (SSSR count). The molecule has 25 heavy (non-hydrogen) atoms. The first-order valence-electron chi connectivity index (χ1n) is 8.47. The summed E-state index contributed by atoms with van der Waals surface area (Å²) in [6.07, 6.45) is 1.80. The van der Waals surface area contributed by atoms with Crippen molar-refractivity contribution in [2.45, 2.75) is 6.04 Å². The number of piperazine rings is 1. The van der Waals surface area contributed by atoms with Crippen molar-refractivity contribution >= 4 is 10.9 Å². The zero-order chi connectivity index (χ0) is 17.2. The lowest BCUT2D eigenvalue weighted by Crippen LogP contribution is -2.45. The molecule has 1 aliphatic rings. The molecule has 1 aliphatic heterocycles. The van der Waals surface area contributed by atoms with Gasteiger partial charge in [-0.15, -0.1) is 0 Å². The van der Waals surface area contributed by atoms with Gasteiger partial charge in [0.2, 0.25) is 0 Å². The normalized spacial score (nSPS) is 16.9. The van der Waals surface area contributed by atoms with Gasteiger partial charge in [-0.25, -0.2) is 8.78 Å². The highest BCUT2D eigenvalue weighted by Crippen LogP contribution is 2.32. The zero-order valence-corrected chi connectivity index (χ0v) is 13.8. The molecule has 0 amide bonds. The largest absolute Gasteiger partial charge is 0.314 e. The zero-order valence-electron chi connectivity index (χ0n) is 13.8. The van der Waals surface area contributed by atoms with Gasteiger partial charge in [0, 0.05) is 49.4 Å². The Morgan fingerprint density at radius 3 is 2.60 bits per heavy atom. The molecule has 0 spiro atoms. The summed E-state index contributed by atoms with van der Waals surface area (Å²) < 4.78 is 27.9. The summed E-state index contributed by atoms with van der Waals surface area (Å²) in [5.74, 6) is -1.08. The van der Waals surface area contributed by atoms with Crippen LogP contribution in [0, 0.1) is 11.6 Å². The highest BCUT2D eigenvalue weighted by atomic mass is 19.1. The van der Waals surface area contributed by atoms with E-state index in [4.69, 9.17) is 0 Å². The third-order valence-corrected chi connectivity index (χ3v) is 4.70. The summed E-state index contributed by atoms with van der Waals surface area (Å²) in [6, 6.07) is 13.5. The lowest BCUT2D eigenvalue weighted by Gasteiger charge is -2.35. The van der Waals surface area contributed by atoms with Gasteiger partial charge in [0.25, 0.3) is 0 Å². The average Bonchev–Trinajstić information content (AvgIpc) is 2.64. The van der Waals surface area contributed by atoms with Gasteiger partial charge < -0.3 is 5.32 Å². The summed E-state index contributed by atoms with van der Waals surface area (Å²) >= 11 is 0. The van der Waals surface area contributed by atoms with Gasteiger partial charge in [0.15, 0.2) is 0 Å². The Balaban J connectivity index is 1.83. The topological polar surface area (TPSA) is 28.2 Å². The number of nitrogens with one attached hydrogen (secondary N) is 1. The Kier molecular flexibility index (Phi) is 4.42. The first-order valence-corrected chi connectivity index (χ1v) is 8.47. The number of aromatic nitrogens is 1. The minimum Gasteiger partial charge on any atom is -0.314 e. The number of nitrogens with zero attached hydrogens (tertiary/aromatic N) is 2. The standard InChI is InChI=1S/C20H19F2N3/c21-16-5-6-17(18(22)12-16)20(25-9-7-23-8-10-25)15-11-14-3-1-2-4-19(14)24-13-15/h1-6,11-13,20,23H,7-10H2. The van der Waals surface area contributed by atoms with Crippen molar-refractivity contribution in [3.8, 4) is 0 Å². The van der Waals surface area contributed by atoms with E-state index in [-0.39, 0.29) is 6.04 Å². The van der Waals surface area contributed by atoms with E-state index in [1.54, 1.807) is 12.3 Å². The SMILES string of the molecule is Fc1ccc(C(c2cnc3ccccc3c2)N2CCNCC2)c(F)c1. The second kappa shape index (κ2) is 6.86. The molecule has 1 fully saturated rings. The molecular formula is C20H19F2N3. The molecule has 2 aromatic carbocycles. The third-order valence-electron chi connectivity index (χ3n) is 4.70. The van der Waals surface area contributed by atoms with E-state index in [1.165, 1.54) is 6.07 Å². The fraction of sp³-hybridized carbons (Fsp3) is 0.250. The number of para-hydroxylation sites is 1. The van der Waals surface area contributed by atoms with Crippen molar-refractivity contribution in [2.24, 2.45) is 0 Å². The molecule has 5 heteroatoms. The van der Waals surface area contributed by atoms with Gasteiger partial charge in [-0.05, 0) is 23.8 Å². The smallest absolute Gasteiger partial charge is 0.131 e. The summed E-state index contributed by atoms with van der Waals surface area (Å²) in [5.41, 5.74) is 2.32. The van der Waals surface area contributed by atoms with Crippen LogP contribution < -0.4 is 5.32 Å². The van der Waals surface area contributed by atoms with Gasteiger partial charge in [-0.2, -0.15) is 0 Å². The van der Waals surface area contributed by atoms with Crippen LogP contribution in [0.1, 0.15) is 17.2 Å². The lowest BCUT2D eigenvalue weighted by molar-refractivity contribution is 0.195. The van der Waals surface area contributed by atoms with Crippen LogP contribution in [-0.4, -0.2) is 36.1 Å². The van der Waals surface area contributed by atoms with Crippen LogP contribution in [-0.2, 0) is 0 Å². The number of rotatable bonds is 3.